The van der Waals surface area contributed by atoms with Gasteiger partial charge in [-0.25, -0.2) is 9.97 Å². The smallest absolute Gasteiger partial charge is 0.225 e. The highest BCUT2D eigenvalue weighted by molar-refractivity contribution is 14.0. The molecule has 124 valence electrons. The van der Waals surface area contributed by atoms with E-state index in [9.17, 15) is 0 Å². The predicted molar refractivity (Wildman–Crippen MR) is 102 cm³/mol. The first-order chi connectivity index (χ1) is 10.1. The molecule has 22 heavy (non-hydrogen) atoms. The van der Waals surface area contributed by atoms with Gasteiger partial charge in [-0.3, -0.25) is 4.99 Å². The Balaban J connectivity index is 0.00000242. The van der Waals surface area contributed by atoms with Crippen LogP contribution >= 0.6 is 24.0 Å². The maximum Gasteiger partial charge on any atom is 0.225 e. The van der Waals surface area contributed by atoms with Gasteiger partial charge >= 0.3 is 0 Å². The van der Waals surface area contributed by atoms with Gasteiger partial charge in [-0.05, 0) is 24.8 Å². The number of aromatic nitrogens is 2. The molecule has 1 atom stereocenters. The summed E-state index contributed by atoms with van der Waals surface area (Å²) in [6.45, 7) is 2.88. The Morgan fingerprint density at radius 1 is 1.23 bits per heavy atom. The lowest BCUT2D eigenvalue weighted by atomic mass is 9.98. The molecule has 6 nitrogen and oxygen atoms in total. The standard InChI is InChI=1S/C15H26N6.HI/c1-19(2)15(20(3)4)18-11-13-7-5-10-21(12-13)14-16-8-6-9-17-14;/h6,8-9,13H,5,7,10-12H2,1-4H3;1H. The summed E-state index contributed by atoms with van der Waals surface area (Å²) in [5.74, 6) is 2.42. The molecule has 1 fully saturated rings. The minimum Gasteiger partial charge on any atom is -0.349 e. The highest BCUT2D eigenvalue weighted by Crippen LogP contribution is 2.20. The highest BCUT2D eigenvalue weighted by Gasteiger charge is 2.21. The van der Waals surface area contributed by atoms with Crippen molar-refractivity contribution < 1.29 is 0 Å². The Bertz CT molecular complexity index is 452. The van der Waals surface area contributed by atoms with Gasteiger partial charge in [-0.15, -0.1) is 24.0 Å². The molecule has 7 heteroatoms. The van der Waals surface area contributed by atoms with Crippen LogP contribution in [-0.2, 0) is 0 Å². The predicted octanol–water partition coefficient (Wildman–Crippen LogP) is 1.79. The molecular formula is C15H27IN6. The monoisotopic (exact) mass is 418 g/mol. The number of guanidine groups is 1. The van der Waals surface area contributed by atoms with E-state index >= 15 is 0 Å². The molecule has 0 spiro atoms. The zero-order valence-electron chi connectivity index (χ0n) is 13.9. The van der Waals surface area contributed by atoms with Crippen LogP contribution in [0, 0.1) is 5.92 Å². The fourth-order valence-electron chi connectivity index (χ4n) is 2.74. The summed E-state index contributed by atoms with van der Waals surface area (Å²) in [6.07, 6.45) is 6.01. The summed E-state index contributed by atoms with van der Waals surface area (Å²) >= 11 is 0. The van der Waals surface area contributed by atoms with Crippen molar-refractivity contribution >= 4 is 35.9 Å². The minimum atomic E-state index is 0. The molecule has 1 aromatic heterocycles. The molecule has 0 bridgehead atoms. The first-order valence-corrected chi connectivity index (χ1v) is 7.49. The molecule has 1 unspecified atom stereocenters. The van der Waals surface area contributed by atoms with Gasteiger partial charge in [0, 0.05) is 60.2 Å². The van der Waals surface area contributed by atoms with Crippen LogP contribution in [0.4, 0.5) is 5.95 Å². The Morgan fingerprint density at radius 2 is 1.86 bits per heavy atom. The number of halogens is 1. The van der Waals surface area contributed by atoms with Crippen LogP contribution in [0.5, 0.6) is 0 Å². The second-order valence-electron chi connectivity index (χ2n) is 5.93. The molecule has 0 aliphatic carbocycles. The molecule has 0 amide bonds. The summed E-state index contributed by atoms with van der Waals surface area (Å²) < 4.78 is 0. The van der Waals surface area contributed by atoms with Crippen molar-refractivity contribution in [3.63, 3.8) is 0 Å². The lowest BCUT2D eigenvalue weighted by Crippen LogP contribution is -2.39. The molecule has 2 rings (SSSR count). The highest BCUT2D eigenvalue weighted by atomic mass is 127. The normalized spacial score (nSPS) is 17.5. The number of nitrogens with zero attached hydrogens (tertiary/aromatic N) is 6. The Morgan fingerprint density at radius 3 is 2.45 bits per heavy atom. The second kappa shape index (κ2) is 9.12. The van der Waals surface area contributed by atoms with Crippen LogP contribution in [0.2, 0.25) is 0 Å². The van der Waals surface area contributed by atoms with Crippen LogP contribution in [0.25, 0.3) is 0 Å². The van der Waals surface area contributed by atoms with E-state index in [4.69, 9.17) is 4.99 Å². The third-order valence-corrected chi connectivity index (χ3v) is 3.64. The number of anilines is 1. The lowest BCUT2D eigenvalue weighted by Gasteiger charge is -2.32. The van der Waals surface area contributed by atoms with Gasteiger partial charge in [-0.1, -0.05) is 0 Å². The summed E-state index contributed by atoms with van der Waals surface area (Å²) in [5, 5.41) is 0. The van der Waals surface area contributed by atoms with Gasteiger partial charge < -0.3 is 14.7 Å². The van der Waals surface area contributed by atoms with Crippen molar-refractivity contribution in [1.29, 1.82) is 0 Å². The number of hydrogen-bond acceptors (Lipinski definition) is 4. The van der Waals surface area contributed by atoms with Crippen molar-refractivity contribution in [3.8, 4) is 0 Å². The largest absolute Gasteiger partial charge is 0.349 e. The topological polar surface area (TPSA) is 47.9 Å². The van der Waals surface area contributed by atoms with Crippen molar-refractivity contribution in [2.45, 2.75) is 12.8 Å². The fraction of sp³-hybridized carbons (Fsp3) is 0.667. The summed E-state index contributed by atoms with van der Waals surface area (Å²) in [6, 6.07) is 1.86. The van der Waals surface area contributed by atoms with E-state index in [1.54, 1.807) is 12.4 Å². The van der Waals surface area contributed by atoms with E-state index in [-0.39, 0.29) is 24.0 Å². The quantitative estimate of drug-likeness (QED) is 0.426. The maximum absolute atomic E-state index is 4.78. The second-order valence-corrected chi connectivity index (χ2v) is 5.93. The van der Waals surface area contributed by atoms with E-state index in [1.165, 1.54) is 12.8 Å². The average Bonchev–Trinajstić information content (AvgIpc) is 2.48. The molecule has 1 saturated heterocycles. The van der Waals surface area contributed by atoms with Gasteiger partial charge in [0.1, 0.15) is 0 Å². The Kier molecular flexibility index (Phi) is 7.84. The molecule has 0 N–H and O–H groups in total. The van der Waals surface area contributed by atoms with E-state index in [0.29, 0.717) is 5.92 Å². The van der Waals surface area contributed by atoms with Gasteiger partial charge in [0.15, 0.2) is 5.96 Å². The van der Waals surface area contributed by atoms with E-state index < -0.39 is 0 Å². The van der Waals surface area contributed by atoms with E-state index in [0.717, 1.165) is 31.5 Å². The number of aliphatic imine (C=N–C) groups is 1. The van der Waals surface area contributed by atoms with Crippen LogP contribution in [-0.4, -0.2) is 73.6 Å². The first kappa shape index (κ1) is 18.9. The molecule has 0 radical (unpaired) electrons. The maximum atomic E-state index is 4.78. The molecule has 2 heterocycles. The number of hydrogen-bond donors (Lipinski definition) is 0. The molecule has 0 aromatic carbocycles. The van der Waals surface area contributed by atoms with Gasteiger partial charge in [0.05, 0.1) is 0 Å². The van der Waals surface area contributed by atoms with Crippen molar-refractivity contribution in [2.24, 2.45) is 10.9 Å². The molecule has 1 aliphatic rings. The van der Waals surface area contributed by atoms with Crippen molar-refractivity contribution in [2.75, 3.05) is 52.7 Å². The van der Waals surface area contributed by atoms with E-state index in [2.05, 4.69) is 24.7 Å². The van der Waals surface area contributed by atoms with Crippen molar-refractivity contribution in [3.05, 3.63) is 18.5 Å². The Hall–Kier alpha value is -1.12. The van der Waals surface area contributed by atoms with Crippen LogP contribution in [0.3, 0.4) is 0 Å². The molecular weight excluding hydrogens is 391 g/mol. The van der Waals surface area contributed by atoms with Gasteiger partial charge in [0.25, 0.3) is 0 Å². The third kappa shape index (κ3) is 5.26. The zero-order valence-corrected chi connectivity index (χ0v) is 16.3. The van der Waals surface area contributed by atoms with Crippen LogP contribution < -0.4 is 4.90 Å². The molecule has 1 aliphatic heterocycles. The minimum absolute atomic E-state index is 0. The lowest BCUT2D eigenvalue weighted by molar-refractivity contribution is 0.410. The van der Waals surface area contributed by atoms with Gasteiger partial charge in [-0.2, -0.15) is 0 Å². The number of rotatable bonds is 3. The van der Waals surface area contributed by atoms with E-state index in [1.807, 2.05) is 34.3 Å². The summed E-state index contributed by atoms with van der Waals surface area (Å²) in [4.78, 5) is 19.9. The van der Waals surface area contributed by atoms with Crippen molar-refractivity contribution in [1.82, 2.24) is 19.8 Å². The molecule has 0 saturated carbocycles. The summed E-state index contributed by atoms with van der Waals surface area (Å²) in [5.41, 5.74) is 0. The van der Waals surface area contributed by atoms with Crippen LogP contribution in [0.1, 0.15) is 12.8 Å². The SMILES string of the molecule is CN(C)C(=NCC1CCCN(c2ncccn2)C1)N(C)C.I. The first-order valence-electron chi connectivity index (χ1n) is 7.49. The Labute approximate surface area is 150 Å². The van der Waals surface area contributed by atoms with Gasteiger partial charge in [0.2, 0.25) is 5.95 Å². The third-order valence-electron chi connectivity index (χ3n) is 3.64. The fourth-order valence-corrected chi connectivity index (χ4v) is 2.74. The van der Waals surface area contributed by atoms with Crippen LogP contribution in [0.15, 0.2) is 23.5 Å². The average molecular weight is 418 g/mol. The number of piperidine rings is 1. The summed E-state index contributed by atoms with van der Waals surface area (Å²) in [7, 11) is 8.13. The molecule has 1 aromatic rings. The zero-order chi connectivity index (χ0) is 15.2.